The van der Waals surface area contributed by atoms with E-state index in [4.69, 9.17) is 0 Å². The number of hydrogen-bond acceptors (Lipinski definition) is 4. The molecule has 0 unspecified atom stereocenters. The zero-order chi connectivity index (χ0) is 23.6. The first-order chi connectivity index (χ1) is 14.9. The summed E-state index contributed by atoms with van der Waals surface area (Å²) in [5.41, 5.74) is 0.286. The molecule has 32 heavy (non-hydrogen) atoms. The van der Waals surface area contributed by atoms with E-state index in [2.05, 4.69) is 53.7 Å². The van der Waals surface area contributed by atoms with Crippen LogP contribution in [0.4, 0.5) is 0 Å². The molecule has 4 aliphatic rings. The van der Waals surface area contributed by atoms with Crippen LogP contribution in [0.5, 0.6) is 0 Å². The van der Waals surface area contributed by atoms with E-state index in [1.165, 1.54) is 5.57 Å². The van der Waals surface area contributed by atoms with Crippen LogP contribution < -0.4 is 0 Å². The van der Waals surface area contributed by atoms with E-state index in [0.717, 1.165) is 31.3 Å². The lowest BCUT2D eigenvalue weighted by Gasteiger charge is -2.61. The molecule has 4 N–H and O–H groups in total. The van der Waals surface area contributed by atoms with Crippen LogP contribution in [0, 0.1) is 40.4 Å². The summed E-state index contributed by atoms with van der Waals surface area (Å²) in [5, 5.41) is 44.4. The van der Waals surface area contributed by atoms with E-state index in [1.807, 2.05) is 0 Å². The summed E-state index contributed by atoms with van der Waals surface area (Å²) < 4.78 is 0. The number of fused-ring (bicyclic) bond motifs is 4. The summed E-state index contributed by atoms with van der Waals surface area (Å²) in [6.45, 7) is 13.6. The van der Waals surface area contributed by atoms with Crippen LogP contribution >= 0.6 is 0 Å². The second-order valence-corrected chi connectivity index (χ2v) is 12.6. The Labute approximate surface area is 194 Å². The molecule has 0 spiro atoms. The first-order valence-electron chi connectivity index (χ1n) is 13.0. The monoisotopic (exact) mass is 446 g/mol. The second kappa shape index (κ2) is 8.22. The van der Waals surface area contributed by atoms with E-state index in [9.17, 15) is 20.4 Å². The Morgan fingerprint density at radius 2 is 1.62 bits per heavy atom. The number of hydrogen-bond donors (Lipinski definition) is 4. The van der Waals surface area contributed by atoms with Crippen molar-refractivity contribution in [1.29, 1.82) is 0 Å². The van der Waals surface area contributed by atoms with E-state index in [0.29, 0.717) is 36.5 Å². The number of allylic oxidation sites excluding steroid dienone is 2. The molecule has 0 saturated heterocycles. The van der Waals surface area contributed by atoms with Crippen molar-refractivity contribution >= 4 is 0 Å². The molecular formula is C28H46O4. The average molecular weight is 447 g/mol. The minimum Gasteiger partial charge on any atom is -0.393 e. The molecule has 0 aliphatic heterocycles. The fourth-order valence-electron chi connectivity index (χ4n) is 8.08. The highest BCUT2D eigenvalue weighted by atomic mass is 16.4. The summed E-state index contributed by atoms with van der Waals surface area (Å²) in [7, 11) is 0. The third-order valence-electron chi connectivity index (χ3n) is 10.7. The summed E-state index contributed by atoms with van der Waals surface area (Å²) in [5.74, 6) is 2.50. The highest BCUT2D eigenvalue weighted by Crippen LogP contribution is 2.66. The lowest BCUT2D eigenvalue weighted by molar-refractivity contribution is -0.216. The molecule has 0 aromatic rings. The summed E-state index contributed by atoms with van der Waals surface area (Å²) >= 11 is 0. The van der Waals surface area contributed by atoms with Gasteiger partial charge in [0.05, 0.1) is 6.10 Å². The van der Waals surface area contributed by atoms with Crippen LogP contribution in [-0.2, 0) is 0 Å². The van der Waals surface area contributed by atoms with Crippen molar-refractivity contribution in [1.82, 2.24) is 0 Å². The van der Waals surface area contributed by atoms with Gasteiger partial charge in [-0.15, -0.1) is 0 Å². The molecule has 0 aromatic carbocycles. The fourth-order valence-corrected chi connectivity index (χ4v) is 8.08. The van der Waals surface area contributed by atoms with E-state index >= 15 is 0 Å². The van der Waals surface area contributed by atoms with E-state index in [-0.39, 0.29) is 17.8 Å². The first-order valence-corrected chi connectivity index (χ1v) is 13.0. The van der Waals surface area contributed by atoms with Crippen molar-refractivity contribution in [2.45, 2.75) is 110 Å². The molecule has 10 atom stereocenters. The largest absolute Gasteiger partial charge is 0.393 e. The van der Waals surface area contributed by atoms with Crippen molar-refractivity contribution in [3.8, 4) is 0 Å². The topological polar surface area (TPSA) is 80.9 Å². The van der Waals surface area contributed by atoms with Crippen molar-refractivity contribution < 1.29 is 20.4 Å². The Morgan fingerprint density at radius 1 is 0.938 bits per heavy atom. The van der Waals surface area contributed by atoms with Gasteiger partial charge in [-0.25, -0.2) is 0 Å². The smallest absolute Gasteiger partial charge is 0.113 e. The molecule has 2 fully saturated rings. The van der Waals surface area contributed by atoms with Gasteiger partial charge in [0.25, 0.3) is 0 Å². The van der Waals surface area contributed by atoms with Crippen LogP contribution in [0.25, 0.3) is 0 Å². The summed E-state index contributed by atoms with van der Waals surface area (Å²) in [6, 6.07) is 0. The van der Waals surface area contributed by atoms with Crippen LogP contribution in [-0.4, -0.2) is 44.3 Å². The molecule has 182 valence electrons. The van der Waals surface area contributed by atoms with Gasteiger partial charge in [-0.1, -0.05) is 59.3 Å². The maximum Gasteiger partial charge on any atom is 0.113 e. The van der Waals surface area contributed by atoms with Gasteiger partial charge in [-0.05, 0) is 79.1 Å². The van der Waals surface area contributed by atoms with Gasteiger partial charge in [-0.3, -0.25) is 0 Å². The minimum atomic E-state index is -1.46. The second-order valence-electron chi connectivity index (χ2n) is 12.6. The van der Waals surface area contributed by atoms with Gasteiger partial charge in [0, 0.05) is 11.8 Å². The predicted molar refractivity (Wildman–Crippen MR) is 128 cm³/mol. The summed E-state index contributed by atoms with van der Waals surface area (Å²) in [6.07, 6.45) is 7.45. The van der Waals surface area contributed by atoms with Gasteiger partial charge in [0.1, 0.15) is 17.8 Å². The molecule has 0 amide bonds. The minimum absolute atomic E-state index is 0.102. The van der Waals surface area contributed by atoms with Gasteiger partial charge < -0.3 is 20.4 Å². The van der Waals surface area contributed by atoms with Crippen LogP contribution in [0.1, 0.15) is 86.5 Å². The first kappa shape index (κ1) is 24.4. The molecule has 4 heteroatoms. The molecule has 4 aliphatic carbocycles. The Balaban J connectivity index is 1.68. The number of rotatable bonds is 4. The Morgan fingerprint density at radius 3 is 2.28 bits per heavy atom. The highest BCUT2D eigenvalue weighted by molar-refractivity contribution is 5.41. The van der Waals surface area contributed by atoms with Gasteiger partial charge in [-0.2, -0.15) is 0 Å². The van der Waals surface area contributed by atoms with Crippen LogP contribution in [0.15, 0.2) is 23.3 Å². The van der Waals surface area contributed by atoms with Gasteiger partial charge in [0.2, 0.25) is 0 Å². The molecule has 0 bridgehead atoms. The fraction of sp³-hybridized carbons (Fsp3) is 0.857. The third kappa shape index (κ3) is 3.39. The molecule has 0 aromatic heterocycles. The average Bonchev–Trinajstić information content (AvgIpc) is 3.09. The molecule has 4 rings (SSSR count). The molecule has 2 saturated carbocycles. The number of aliphatic hydroxyl groups is 4. The van der Waals surface area contributed by atoms with Gasteiger partial charge >= 0.3 is 0 Å². The highest BCUT2D eigenvalue weighted by Gasteiger charge is 2.65. The van der Waals surface area contributed by atoms with Crippen molar-refractivity contribution in [2.75, 3.05) is 0 Å². The quantitative estimate of drug-likeness (QED) is 0.475. The summed E-state index contributed by atoms with van der Waals surface area (Å²) in [4.78, 5) is 0. The normalized spacial score (nSPS) is 48.5. The van der Waals surface area contributed by atoms with Crippen molar-refractivity contribution in [2.24, 2.45) is 40.4 Å². The molecule has 0 radical (unpaired) electrons. The van der Waals surface area contributed by atoms with Crippen molar-refractivity contribution in [3.63, 3.8) is 0 Å². The lowest BCUT2D eigenvalue weighted by atomic mass is 9.47. The van der Waals surface area contributed by atoms with E-state index < -0.39 is 29.3 Å². The SMILES string of the molecule is CC(C)[C@@H](C)C=C[C@@H](C)[C@H]1CC[C@H]2C3=C(CC[C@]12C)[C@@]1(C)CC[C@H](O)C[C@]1(O)[C@H](O)[C@H]3O. The lowest BCUT2D eigenvalue weighted by Crippen LogP contribution is -2.67. The Bertz CT molecular complexity index is 786. The van der Waals surface area contributed by atoms with Crippen LogP contribution in [0.3, 0.4) is 0 Å². The van der Waals surface area contributed by atoms with Crippen LogP contribution in [0.2, 0.25) is 0 Å². The number of aliphatic hydroxyl groups excluding tert-OH is 3. The van der Waals surface area contributed by atoms with Gasteiger partial charge in [0.15, 0.2) is 0 Å². The van der Waals surface area contributed by atoms with E-state index in [1.54, 1.807) is 0 Å². The maximum atomic E-state index is 11.6. The zero-order valence-electron chi connectivity index (χ0n) is 21.0. The van der Waals surface area contributed by atoms with Crippen molar-refractivity contribution in [3.05, 3.63) is 23.3 Å². The Kier molecular flexibility index (Phi) is 6.28. The molecule has 4 nitrogen and oxygen atoms in total. The molecule has 0 heterocycles. The zero-order valence-corrected chi connectivity index (χ0v) is 21.0. The maximum absolute atomic E-state index is 11.6. The predicted octanol–water partition coefficient (Wildman–Crippen LogP) is 4.61. The standard InChI is InChI=1S/C28H46O4/c1-16(2)17(3)7-8-18(4)20-9-10-21-23-22(12-13-26(20,21)5)27(6)14-11-19(29)15-28(27,32)25(31)24(23)30/h7-8,16-21,24-25,29-32H,9-15H2,1-6H3/t17-,18+,19-,20+,21-,24-,25+,26+,27+,28-/m0/s1. The molecular weight excluding hydrogens is 400 g/mol. The third-order valence-corrected chi connectivity index (χ3v) is 10.7. The Hall–Kier alpha value is -0.680.